The van der Waals surface area contributed by atoms with Gasteiger partial charge in [-0.2, -0.15) is 13.6 Å². The molecule has 2 heterocycles. The van der Waals surface area contributed by atoms with Crippen LogP contribution in [0.3, 0.4) is 0 Å². The standard InChI is InChI=1S/C11H20N3O13P3/c1-2-6-4-14(11(12)13-10(6)16)9-3-7(15)8(25-9)5-24-29(20,21)27-30(22,23)26-28(17,18)19/h4,7-9,15H,2-3,5H2,1H3,(H,20,21)(H,22,23)(H2,12,13,16)(H2,17,18,19)/t7-,8+,9+/m0/s1. The SMILES string of the molecule is CCc1cn([C@H]2C[C@H](O)[C@@H](COP(=O)(O)OP(=O)(O)OP(=O)(O)O)O2)c(N)nc1=O. The summed E-state index contributed by atoms with van der Waals surface area (Å²) in [6, 6.07) is 0. The lowest BCUT2D eigenvalue weighted by Crippen LogP contribution is -2.26. The van der Waals surface area contributed by atoms with Crippen molar-refractivity contribution in [2.45, 2.75) is 38.2 Å². The molecule has 1 fully saturated rings. The Morgan fingerprint density at radius 3 is 2.43 bits per heavy atom. The summed E-state index contributed by atoms with van der Waals surface area (Å²) in [5.41, 5.74) is 5.51. The number of hydrogen-bond donors (Lipinski definition) is 6. The first-order valence-corrected chi connectivity index (χ1v) is 12.6. The number of nitrogen functional groups attached to an aromatic ring is 1. The number of aliphatic hydroxyl groups is 1. The zero-order valence-corrected chi connectivity index (χ0v) is 17.9. The molecule has 1 aliphatic rings. The highest BCUT2D eigenvalue weighted by Crippen LogP contribution is 2.66. The van der Waals surface area contributed by atoms with Crippen molar-refractivity contribution in [1.82, 2.24) is 9.55 Å². The van der Waals surface area contributed by atoms with Crippen LogP contribution >= 0.6 is 23.5 Å². The average molecular weight is 495 g/mol. The number of rotatable bonds is 9. The highest BCUT2D eigenvalue weighted by Gasteiger charge is 2.43. The summed E-state index contributed by atoms with van der Waals surface area (Å²) in [5, 5.41) is 10.1. The first kappa shape index (κ1) is 25.3. The molecule has 19 heteroatoms. The van der Waals surface area contributed by atoms with Crippen LogP contribution in [0.1, 0.15) is 25.1 Å². The number of aryl methyl sites for hydroxylation is 1. The molecule has 1 saturated heterocycles. The first-order valence-electron chi connectivity index (χ1n) is 8.12. The van der Waals surface area contributed by atoms with Gasteiger partial charge >= 0.3 is 23.5 Å². The Hall–Kier alpha value is -0.990. The molecule has 0 bridgehead atoms. The highest BCUT2D eigenvalue weighted by atomic mass is 31.3. The predicted molar refractivity (Wildman–Crippen MR) is 96.6 cm³/mol. The molecule has 0 amide bonds. The van der Waals surface area contributed by atoms with Gasteiger partial charge in [-0.05, 0) is 6.42 Å². The first-order chi connectivity index (χ1) is 13.6. The molecule has 172 valence electrons. The number of nitrogens with two attached hydrogens (primary N) is 1. The summed E-state index contributed by atoms with van der Waals surface area (Å²) in [6.07, 6.45) is -1.70. The van der Waals surface area contributed by atoms with E-state index in [1.807, 2.05) is 0 Å². The summed E-state index contributed by atoms with van der Waals surface area (Å²) in [5.74, 6) is -0.192. The second-order valence-corrected chi connectivity index (χ2v) is 10.4. The maximum atomic E-state index is 11.7. The Morgan fingerprint density at radius 2 is 1.87 bits per heavy atom. The zero-order chi connectivity index (χ0) is 22.9. The zero-order valence-electron chi connectivity index (χ0n) is 15.2. The van der Waals surface area contributed by atoms with Gasteiger partial charge in [-0.25, -0.2) is 13.7 Å². The second-order valence-electron chi connectivity index (χ2n) is 6.01. The van der Waals surface area contributed by atoms with Crippen LogP contribution < -0.4 is 11.3 Å². The van der Waals surface area contributed by atoms with Crippen molar-refractivity contribution in [2.24, 2.45) is 0 Å². The lowest BCUT2D eigenvalue weighted by molar-refractivity contribution is -0.0432. The van der Waals surface area contributed by atoms with Gasteiger partial charge in [-0.1, -0.05) is 6.92 Å². The van der Waals surface area contributed by atoms with Crippen LogP contribution in [0.25, 0.3) is 0 Å². The van der Waals surface area contributed by atoms with Gasteiger partial charge in [0, 0.05) is 18.2 Å². The van der Waals surface area contributed by atoms with E-state index in [1.165, 1.54) is 10.8 Å². The number of phosphoric ester groups is 1. The van der Waals surface area contributed by atoms with Crippen molar-refractivity contribution in [3.8, 4) is 0 Å². The topological polar surface area (TPSA) is 250 Å². The number of aromatic nitrogens is 2. The van der Waals surface area contributed by atoms with Crippen molar-refractivity contribution in [1.29, 1.82) is 0 Å². The lowest BCUT2D eigenvalue weighted by Gasteiger charge is -2.20. The van der Waals surface area contributed by atoms with E-state index in [1.54, 1.807) is 6.92 Å². The Morgan fingerprint density at radius 1 is 1.23 bits per heavy atom. The largest absolute Gasteiger partial charge is 0.490 e. The molecule has 1 aliphatic heterocycles. The van der Waals surface area contributed by atoms with Crippen LogP contribution in [-0.4, -0.2) is 53.0 Å². The number of ether oxygens (including phenoxy) is 1. The molecule has 2 rings (SSSR count). The van der Waals surface area contributed by atoms with Crippen molar-refractivity contribution in [3.05, 3.63) is 22.1 Å². The molecule has 0 aromatic carbocycles. The minimum absolute atomic E-state index is 0.0671. The molecule has 7 N–H and O–H groups in total. The summed E-state index contributed by atoms with van der Waals surface area (Å²) in [7, 11) is -16.5. The Kier molecular flexibility index (Phi) is 7.79. The van der Waals surface area contributed by atoms with Gasteiger partial charge in [0.05, 0.1) is 12.7 Å². The van der Waals surface area contributed by atoms with Crippen LogP contribution in [-0.2, 0) is 38.0 Å². The maximum absolute atomic E-state index is 11.7. The van der Waals surface area contributed by atoms with Crippen LogP contribution in [0.4, 0.5) is 5.95 Å². The van der Waals surface area contributed by atoms with Crippen molar-refractivity contribution in [3.63, 3.8) is 0 Å². The van der Waals surface area contributed by atoms with E-state index >= 15 is 0 Å². The molecule has 16 nitrogen and oxygen atoms in total. The quantitative estimate of drug-likeness (QED) is 0.234. The summed E-state index contributed by atoms with van der Waals surface area (Å²) < 4.78 is 52.0. The van der Waals surface area contributed by atoms with E-state index in [9.17, 15) is 28.5 Å². The van der Waals surface area contributed by atoms with Gasteiger partial charge in [0.15, 0.2) is 0 Å². The Bertz CT molecular complexity index is 977. The van der Waals surface area contributed by atoms with Gasteiger partial charge < -0.3 is 35.2 Å². The fourth-order valence-corrected chi connectivity index (χ4v) is 5.53. The summed E-state index contributed by atoms with van der Waals surface area (Å²) in [6.45, 7) is 0.893. The number of phosphoric acid groups is 3. The fourth-order valence-electron chi connectivity index (χ4n) is 2.50. The van der Waals surface area contributed by atoms with E-state index in [0.29, 0.717) is 12.0 Å². The van der Waals surface area contributed by atoms with Crippen LogP contribution in [0.2, 0.25) is 0 Å². The van der Waals surface area contributed by atoms with Gasteiger partial charge in [-0.15, -0.1) is 0 Å². The van der Waals surface area contributed by atoms with Gasteiger partial charge in [0.25, 0.3) is 5.56 Å². The maximum Gasteiger partial charge on any atom is 0.490 e. The van der Waals surface area contributed by atoms with Crippen molar-refractivity contribution >= 4 is 29.4 Å². The highest BCUT2D eigenvalue weighted by molar-refractivity contribution is 7.66. The molecule has 1 aromatic rings. The van der Waals surface area contributed by atoms with E-state index in [0.717, 1.165) is 0 Å². The lowest BCUT2D eigenvalue weighted by atomic mass is 10.2. The number of hydrogen-bond acceptors (Lipinski definition) is 11. The average Bonchev–Trinajstić information content (AvgIpc) is 2.90. The Balaban J connectivity index is 2.04. The number of nitrogens with zero attached hydrogens (tertiary/aromatic N) is 2. The molecule has 0 saturated carbocycles. The van der Waals surface area contributed by atoms with E-state index in [4.69, 9.17) is 25.2 Å². The third-order valence-electron chi connectivity index (χ3n) is 3.76. The van der Waals surface area contributed by atoms with Gasteiger partial charge in [-0.3, -0.25) is 13.9 Å². The molecule has 0 aliphatic carbocycles. The molecule has 2 unspecified atom stereocenters. The van der Waals surface area contributed by atoms with Gasteiger partial charge in [0.2, 0.25) is 5.95 Å². The third kappa shape index (κ3) is 7.02. The third-order valence-corrected chi connectivity index (χ3v) is 7.57. The van der Waals surface area contributed by atoms with Crippen LogP contribution in [0, 0.1) is 0 Å². The van der Waals surface area contributed by atoms with Crippen molar-refractivity contribution < 1.29 is 56.3 Å². The summed E-state index contributed by atoms with van der Waals surface area (Å²) >= 11 is 0. The summed E-state index contributed by atoms with van der Waals surface area (Å²) in [4.78, 5) is 50.8. The fraction of sp³-hybridized carbons (Fsp3) is 0.636. The molecule has 1 aromatic heterocycles. The van der Waals surface area contributed by atoms with Gasteiger partial charge in [0.1, 0.15) is 12.3 Å². The molecule has 5 atom stereocenters. The van der Waals surface area contributed by atoms with E-state index < -0.39 is 54.1 Å². The number of anilines is 1. The van der Waals surface area contributed by atoms with Crippen LogP contribution in [0.5, 0.6) is 0 Å². The monoisotopic (exact) mass is 495 g/mol. The molecule has 0 radical (unpaired) electrons. The smallest absolute Gasteiger partial charge is 0.390 e. The molecular formula is C11H20N3O13P3. The van der Waals surface area contributed by atoms with E-state index in [2.05, 4.69) is 18.1 Å². The predicted octanol–water partition coefficient (Wildman–Crippen LogP) is -0.620. The van der Waals surface area contributed by atoms with Crippen LogP contribution in [0.15, 0.2) is 11.0 Å². The van der Waals surface area contributed by atoms with Crippen molar-refractivity contribution in [2.75, 3.05) is 12.3 Å². The normalized spacial score (nSPS) is 26.3. The molecular weight excluding hydrogens is 475 g/mol. The minimum atomic E-state index is -5.66. The van der Waals surface area contributed by atoms with E-state index in [-0.39, 0.29) is 12.4 Å². The molecule has 30 heavy (non-hydrogen) atoms. The minimum Gasteiger partial charge on any atom is -0.390 e. The second kappa shape index (κ2) is 9.25. The Labute approximate surface area is 168 Å². The molecule has 0 spiro atoms. The number of aliphatic hydroxyl groups excluding tert-OH is 1.